The summed E-state index contributed by atoms with van der Waals surface area (Å²) in [6, 6.07) is 6.99. The van der Waals surface area contributed by atoms with Gasteiger partial charge in [0.15, 0.2) is 5.82 Å². The Morgan fingerprint density at radius 1 is 1.11 bits per heavy atom. The number of aromatic nitrogens is 4. The predicted octanol–water partition coefficient (Wildman–Crippen LogP) is 3.78. The number of ether oxygens (including phenoxy) is 1. The fourth-order valence-electron chi connectivity index (χ4n) is 4.28. The summed E-state index contributed by atoms with van der Waals surface area (Å²) in [5.74, 6) is 1.94. The molecule has 0 spiro atoms. The lowest BCUT2D eigenvalue weighted by Crippen LogP contribution is -2.34. The zero-order valence-corrected chi connectivity index (χ0v) is 21.1. The molecule has 2 saturated heterocycles. The third-order valence-corrected chi connectivity index (χ3v) is 7.02. The summed E-state index contributed by atoms with van der Waals surface area (Å²) >= 11 is -1.71. The molecule has 2 fully saturated rings. The zero-order chi connectivity index (χ0) is 25.9. The van der Waals surface area contributed by atoms with E-state index in [0.717, 1.165) is 5.56 Å². The summed E-state index contributed by atoms with van der Waals surface area (Å²) in [5.41, 5.74) is 0.619. The van der Waals surface area contributed by atoms with Crippen LogP contribution in [-0.4, -0.2) is 55.5 Å². The van der Waals surface area contributed by atoms with Gasteiger partial charge in [-0.1, -0.05) is 31.1 Å². The molecule has 3 aromatic rings. The molecule has 2 aliphatic heterocycles. The number of hydrogen-bond donors (Lipinski definition) is 0. The van der Waals surface area contributed by atoms with Crippen LogP contribution in [0.15, 0.2) is 35.1 Å². The molecule has 0 saturated carbocycles. The molecule has 2 aliphatic rings. The molecular weight excluding hydrogens is 504 g/mol. The van der Waals surface area contributed by atoms with Crippen LogP contribution in [0.1, 0.15) is 61.7 Å². The number of piperidine rings is 1. The second-order valence-electron chi connectivity index (χ2n) is 9.16. The number of anilines is 1. The molecule has 14 heteroatoms. The molecule has 13 nitrogen and oxygen atoms in total. The lowest BCUT2D eigenvalue weighted by molar-refractivity contribution is -0.385. The minimum atomic E-state index is -1.71. The van der Waals surface area contributed by atoms with Crippen molar-refractivity contribution in [1.82, 2.24) is 20.1 Å². The third kappa shape index (κ3) is 5.60. The van der Waals surface area contributed by atoms with Gasteiger partial charge in [0.2, 0.25) is 11.7 Å². The molecule has 196 valence electrons. The first-order chi connectivity index (χ1) is 17.9. The first-order valence-corrected chi connectivity index (χ1v) is 12.9. The van der Waals surface area contributed by atoms with Crippen LogP contribution in [0.25, 0.3) is 0 Å². The number of nitrogens with zero attached hydrogens (tertiary/aromatic N) is 6. The van der Waals surface area contributed by atoms with Crippen molar-refractivity contribution >= 4 is 22.9 Å². The molecule has 0 bridgehead atoms. The second-order valence-corrected chi connectivity index (χ2v) is 10.0. The Bertz CT molecular complexity index is 1270. The van der Waals surface area contributed by atoms with E-state index in [-0.39, 0.29) is 48.4 Å². The highest BCUT2D eigenvalue weighted by Gasteiger charge is 2.33. The number of nitro groups is 1. The van der Waals surface area contributed by atoms with Crippen LogP contribution in [0.3, 0.4) is 0 Å². The monoisotopic (exact) mass is 530 g/mol. The maximum absolute atomic E-state index is 12.0. The van der Waals surface area contributed by atoms with Gasteiger partial charge in [-0.3, -0.25) is 18.5 Å². The topological polar surface area (TPSA) is 156 Å². The van der Waals surface area contributed by atoms with E-state index in [1.807, 2.05) is 30.9 Å². The Morgan fingerprint density at radius 2 is 1.81 bits per heavy atom. The van der Waals surface area contributed by atoms with E-state index < -0.39 is 16.3 Å². The molecule has 37 heavy (non-hydrogen) atoms. The van der Waals surface area contributed by atoms with Crippen molar-refractivity contribution in [3.63, 3.8) is 0 Å². The summed E-state index contributed by atoms with van der Waals surface area (Å²) in [7, 11) is 0. The minimum Gasteiger partial charge on any atom is -0.434 e. The van der Waals surface area contributed by atoms with Gasteiger partial charge in [-0.25, -0.2) is 4.98 Å². The average Bonchev–Trinajstić information content (AvgIpc) is 3.40. The summed E-state index contributed by atoms with van der Waals surface area (Å²) in [4.78, 5) is 26.2. The Morgan fingerprint density at radius 3 is 2.43 bits per heavy atom. The summed E-state index contributed by atoms with van der Waals surface area (Å²) in [5, 5.41) is 16.1. The van der Waals surface area contributed by atoms with Gasteiger partial charge in [0, 0.05) is 30.8 Å². The van der Waals surface area contributed by atoms with E-state index in [1.165, 1.54) is 6.33 Å². The second kappa shape index (κ2) is 10.9. The quantitative estimate of drug-likeness (QED) is 0.322. The largest absolute Gasteiger partial charge is 0.434 e. The van der Waals surface area contributed by atoms with E-state index in [4.69, 9.17) is 17.6 Å². The molecule has 2 aromatic heterocycles. The molecule has 0 unspecified atom stereocenters. The molecule has 1 aromatic carbocycles. The van der Waals surface area contributed by atoms with Gasteiger partial charge in [-0.05, 0) is 30.5 Å². The Labute approximate surface area is 215 Å². The number of hydrogen-bond acceptors (Lipinski definition) is 12. The van der Waals surface area contributed by atoms with Crippen molar-refractivity contribution < 1.29 is 26.8 Å². The number of rotatable bonds is 7. The van der Waals surface area contributed by atoms with Gasteiger partial charge in [-0.2, -0.15) is 14.2 Å². The first-order valence-electron chi connectivity index (χ1n) is 11.9. The SMILES string of the molecule is CC(C)c1noc(C2CCN(c3ncnc(Oc4ccc(C5COS(=O)OC5)cc4)c3[N+](=O)[O-])CC2)n1. The van der Waals surface area contributed by atoms with Crippen molar-refractivity contribution in [2.75, 3.05) is 31.2 Å². The van der Waals surface area contributed by atoms with Crippen LogP contribution >= 0.6 is 0 Å². The Hall–Kier alpha value is -3.49. The third-order valence-electron chi connectivity index (χ3n) is 6.37. The van der Waals surface area contributed by atoms with Crippen molar-refractivity contribution in [3.8, 4) is 11.6 Å². The molecule has 5 rings (SSSR count). The molecular formula is C23H26N6O7S. The minimum absolute atomic E-state index is 0.0706. The van der Waals surface area contributed by atoms with Gasteiger partial charge in [-0.15, -0.1) is 0 Å². The smallest absolute Gasteiger partial charge is 0.373 e. The maximum atomic E-state index is 12.0. The van der Waals surface area contributed by atoms with Crippen LogP contribution in [-0.2, 0) is 19.7 Å². The molecule has 4 heterocycles. The zero-order valence-electron chi connectivity index (χ0n) is 20.3. The normalized spacial score (nSPS) is 20.8. The molecule has 0 aliphatic carbocycles. The van der Waals surface area contributed by atoms with Gasteiger partial charge in [0.05, 0.1) is 18.1 Å². The highest BCUT2D eigenvalue weighted by molar-refractivity contribution is 7.75. The lowest BCUT2D eigenvalue weighted by Gasteiger charge is -2.30. The van der Waals surface area contributed by atoms with Crippen LogP contribution in [0.4, 0.5) is 11.5 Å². The van der Waals surface area contributed by atoms with E-state index in [2.05, 4.69) is 20.1 Å². The first kappa shape index (κ1) is 25.2. The van der Waals surface area contributed by atoms with E-state index in [0.29, 0.717) is 43.4 Å². The van der Waals surface area contributed by atoms with Crippen molar-refractivity contribution in [1.29, 1.82) is 0 Å². The van der Waals surface area contributed by atoms with Gasteiger partial charge < -0.3 is 14.2 Å². The molecule has 0 amide bonds. The predicted molar refractivity (Wildman–Crippen MR) is 131 cm³/mol. The van der Waals surface area contributed by atoms with Crippen molar-refractivity contribution in [3.05, 3.63) is 58.0 Å². The summed E-state index contributed by atoms with van der Waals surface area (Å²) in [6.45, 7) is 5.62. The standard InChI is InChI=1S/C23H26N6O7S/c1-14(2)20-26-22(36-27-20)16-7-9-28(10-8-16)21-19(29(30)31)23(25-13-24-21)35-18-5-3-15(4-6-18)17-11-33-37(32)34-12-17/h3-6,13-14,16-17H,7-12H2,1-2H3. The van der Waals surface area contributed by atoms with Gasteiger partial charge >= 0.3 is 22.9 Å². The highest BCUT2D eigenvalue weighted by atomic mass is 32.2. The fourth-order valence-corrected chi connectivity index (χ4v) is 4.89. The van der Waals surface area contributed by atoms with Crippen molar-refractivity contribution in [2.45, 2.75) is 44.4 Å². The molecule has 0 radical (unpaired) electrons. The van der Waals surface area contributed by atoms with Crippen molar-refractivity contribution in [2.24, 2.45) is 0 Å². The summed E-state index contributed by atoms with van der Waals surface area (Å²) < 4.78 is 32.5. The Kier molecular flexibility index (Phi) is 7.39. The van der Waals surface area contributed by atoms with Crippen LogP contribution in [0.5, 0.6) is 11.6 Å². The fraction of sp³-hybridized carbons (Fsp3) is 0.478. The Balaban J connectivity index is 1.29. The van der Waals surface area contributed by atoms with E-state index >= 15 is 0 Å². The number of benzene rings is 1. The van der Waals surface area contributed by atoms with E-state index in [9.17, 15) is 14.3 Å². The summed E-state index contributed by atoms with van der Waals surface area (Å²) in [6.07, 6.45) is 2.66. The molecule has 0 N–H and O–H groups in total. The maximum Gasteiger partial charge on any atom is 0.373 e. The van der Waals surface area contributed by atoms with Crippen LogP contribution in [0.2, 0.25) is 0 Å². The van der Waals surface area contributed by atoms with E-state index in [1.54, 1.807) is 12.1 Å². The molecule has 0 atom stereocenters. The average molecular weight is 531 g/mol. The lowest BCUT2D eigenvalue weighted by atomic mass is 9.96. The van der Waals surface area contributed by atoms with Gasteiger partial charge in [0.25, 0.3) is 0 Å². The highest BCUT2D eigenvalue weighted by Crippen LogP contribution is 2.39. The van der Waals surface area contributed by atoms with Crippen LogP contribution in [0, 0.1) is 10.1 Å². The van der Waals surface area contributed by atoms with Gasteiger partial charge in [0.1, 0.15) is 12.1 Å². The van der Waals surface area contributed by atoms with Crippen LogP contribution < -0.4 is 9.64 Å².